The van der Waals surface area contributed by atoms with Crippen LogP contribution in [-0.4, -0.2) is 30.4 Å². The molecule has 3 N–H and O–H groups in total. The minimum atomic E-state index is -4.17. The van der Waals surface area contributed by atoms with Gasteiger partial charge in [-0.3, -0.25) is 19.6 Å². The smallest absolute Gasteiger partial charge is 0.291 e. The normalized spacial score (nSPS) is 11.9. The van der Waals surface area contributed by atoms with Crippen molar-refractivity contribution in [2.75, 3.05) is 10.0 Å². The minimum Gasteiger partial charge on any atom is -0.345 e. The van der Waals surface area contributed by atoms with Crippen molar-refractivity contribution >= 4 is 44.0 Å². The number of nitrogens with one attached hydrogen (secondary N) is 3. The zero-order chi connectivity index (χ0) is 25.7. The maximum absolute atomic E-state index is 13.0. The van der Waals surface area contributed by atoms with E-state index in [4.69, 9.17) is 0 Å². The number of anilines is 2. The van der Waals surface area contributed by atoms with Crippen LogP contribution in [0, 0.1) is 6.92 Å². The molecule has 36 heavy (non-hydrogen) atoms. The molecule has 2 amide bonds. The first-order valence-electron chi connectivity index (χ1n) is 10.9. The Labute approximate surface area is 212 Å². The van der Waals surface area contributed by atoms with Crippen LogP contribution in [0.3, 0.4) is 0 Å². The second kappa shape index (κ2) is 10.7. The lowest BCUT2D eigenvalue weighted by Crippen LogP contribution is -2.28. The largest absolute Gasteiger partial charge is 0.345 e. The number of rotatable bonds is 8. The number of aromatic nitrogens is 2. The van der Waals surface area contributed by atoms with Gasteiger partial charge in [-0.15, -0.1) is 10.2 Å². The van der Waals surface area contributed by atoms with Crippen molar-refractivity contribution in [2.45, 2.75) is 24.2 Å². The van der Waals surface area contributed by atoms with E-state index < -0.39 is 21.8 Å². The van der Waals surface area contributed by atoms with Gasteiger partial charge >= 0.3 is 0 Å². The number of hydrogen-bond donors (Lipinski definition) is 3. The lowest BCUT2D eigenvalue weighted by atomic mass is 10.1. The van der Waals surface area contributed by atoms with Crippen LogP contribution in [0.2, 0.25) is 0 Å². The summed E-state index contributed by atoms with van der Waals surface area (Å²) in [7, 11) is -4.17. The molecule has 0 fully saturated rings. The number of aryl methyl sites for hydroxylation is 1. The summed E-state index contributed by atoms with van der Waals surface area (Å²) in [5.74, 6) is -0.870. The van der Waals surface area contributed by atoms with Crippen LogP contribution in [0.15, 0.2) is 83.2 Å². The molecule has 0 unspecified atom stereocenters. The van der Waals surface area contributed by atoms with Crippen LogP contribution in [0.5, 0.6) is 0 Å². The molecule has 0 radical (unpaired) electrons. The molecular weight excluding hydrogens is 498 g/mol. The number of hydrogen-bond acceptors (Lipinski definition) is 7. The van der Waals surface area contributed by atoms with Gasteiger partial charge in [0.05, 0.1) is 17.3 Å². The molecule has 0 aliphatic rings. The second-order valence-electron chi connectivity index (χ2n) is 7.95. The van der Waals surface area contributed by atoms with E-state index in [1.54, 1.807) is 36.4 Å². The summed E-state index contributed by atoms with van der Waals surface area (Å²) in [6.07, 6.45) is 0. The average molecular weight is 522 g/mol. The first-order chi connectivity index (χ1) is 17.2. The summed E-state index contributed by atoms with van der Waals surface area (Å²) in [6, 6.07) is 22.3. The predicted octanol–water partition coefficient (Wildman–Crippen LogP) is 4.39. The first-order valence-corrected chi connectivity index (χ1v) is 13.2. The highest BCUT2D eigenvalue weighted by molar-refractivity contribution is 7.94. The van der Waals surface area contributed by atoms with E-state index >= 15 is 0 Å². The van der Waals surface area contributed by atoms with E-state index in [0.717, 1.165) is 11.1 Å². The molecule has 4 rings (SSSR count). The summed E-state index contributed by atoms with van der Waals surface area (Å²) in [4.78, 5) is 25.3. The number of benzene rings is 3. The summed E-state index contributed by atoms with van der Waals surface area (Å²) in [6.45, 7) is 3.75. The zero-order valence-corrected chi connectivity index (χ0v) is 21.1. The van der Waals surface area contributed by atoms with Crippen LogP contribution in [0.25, 0.3) is 0 Å². The van der Waals surface area contributed by atoms with E-state index in [1.807, 2.05) is 44.2 Å². The van der Waals surface area contributed by atoms with Crippen molar-refractivity contribution in [1.82, 2.24) is 15.5 Å². The third-order valence-electron chi connectivity index (χ3n) is 5.23. The first kappa shape index (κ1) is 25.0. The Bertz CT molecular complexity index is 1490. The SMILES string of the molecule is Cc1ccc(C(=O)Nc2nnc(S(=O)(=O)Nc3ccccc3C(=O)N[C@@H](C)c3ccccc3)s2)cc1. The lowest BCUT2D eigenvalue weighted by molar-refractivity contribution is 0.0940. The van der Waals surface area contributed by atoms with Gasteiger partial charge in [-0.25, -0.2) is 0 Å². The highest BCUT2D eigenvalue weighted by Gasteiger charge is 2.24. The fraction of sp³-hybridized carbons (Fsp3) is 0.120. The minimum absolute atomic E-state index is 0.0312. The zero-order valence-electron chi connectivity index (χ0n) is 19.4. The standard InChI is InChI=1S/C25H23N5O4S2/c1-16-12-14-19(15-13-16)22(31)27-24-28-29-25(35-24)36(33,34)30-21-11-7-6-10-20(21)23(32)26-17(2)18-8-4-3-5-9-18/h3-15,17,30H,1-2H3,(H,26,32)(H,27,28,31)/t17-/m0/s1. The van der Waals surface area contributed by atoms with Crippen LogP contribution in [0.1, 0.15) is 44.8 Å². The Morgan fingerprint density at radius 3 is 2.25 bits per heavy atom. The molecule has 1 atom stereocenters. The van der Waals surface area contributed by atoms with Gasteiger partial charge < -0.3 is 5.32 Å². The molecular formula is C25H23N5O4S2. The Morgan fingerprint density at radius 1 is 0.861 bits per heavy atom. The third kappa shape index (κ3) is 5.93. The summed E-state index contributed by atoms with van der Waals surface area (Å²) in [5, 5.41) is 12.9. The number of nitrogens with zero attached hydrogens (tertiary/aromatic N) is 2. The molecule has 0 aliphatic carbocycles. The van der Waals surface area contributed by atoms with Crippen molar-refractivity contribution in [1.29, 1.82) is 0 Å². The topological polar surface area (TPSA) is 130 Å². The van der Waals surface area contributed by atoms with Gasteiger partial charge in [0.15, 0.2) is 0 Å². The molecule has 1 heterocycles. The number of carbonyl (C=O) groups excluding carboxylic acids is 2. The van der Waals surface area contributed by atoms with Crippen LogP contribution < -0.4 is 15.4 Å². The quantitative estimate of drug-likeness (QED) is 0.295. The molecule has 0 bridgehead atoms. The van der Waals surface area contributed by atoms with Gasteiger partial charge in [0, 0.05) is 5.56 Å². The molecule has 0 saturated heterocycles. The summed E-state index contributed by atoms with van der Waals surface area (Å²) >= 11 is 0.702. The Morgan fingerprint density at radius 2 is 1.53 bits per heavy atom. The second-order valence-corrected chi connectivity index (χ2v) is 10.8. The third-order valence-corrected chi connectivity index (χ3v) is 7.81. The van der Waals surface area contributed by atoms with Gasteiger partial charge in [0.25, 0.3) is 26.2 Å². The molecule has 0 spiro atoms. The van der Waals surface area contributed by atoms with Gasteiger partial charge in [-0.2, -0.15) is 8.42 Å². The highest BCUT2D eigenvalue weighted by atomic mass is 32.2. The Hall–Kier alpha value is -4.09. The van der Waals surface area contributed by atoms with Gasteiger partial charge in [-0.05, 0) is 43.7 Å². The van der Waals surface area contributed by atoms with Crippen molar-refractivity contribution < 1.29 is 18.0 Å². The number of amides is 2. The van der Waals surface area contributed by atoms with Crippen LogP contribution in [-0.2, 0) is 10.0 Å². The molecule has 4 aromatic rings. The van der Waals surface area contributed by atoms with E-state index in [1.165, 1.54) is 12.1 Å². The lowest BCUT2D eigenvalue weighted by Gasteiger charge is -2.16. The average Bonchev–Trinajstić information content (AvgIpc) is 3.34. The van der Waals surface area contributed by atoms with Crippen molar-refractivity contribution in [3.8, 4) is 0 Å². The Balaban J connectivity index is 1.48. The van der Waals surface area contributed by atoms with Gasteiger partial charge in [0.1, 0.15) is 0 Å². The van der Waals surface area contributed by atoms with E-state index in [-0.39, 0.29) is 26.8 Å². The summed E-state index contributed by atoms with van der Waals surface area (Å²) < 4.78 is 28.0. The number of carbonyl (C=O) groups is 2. The highest BCUT2D eigenvalue weighted by Crippen LogP contribution is 2.25. The molecule has 9 nitrogen and oxygen atoms in total. The molecule has 3 aromatic carbocycles. The number of para-hydroxylation sites is 1. The fourth-order valence-electron chi connectivity index (χ4n) is 3.30. The van der Waals surface area contributed by atoms with Crippen molar-refractivity contribution in [2.24, 2.45) is 0 Å². The monoisotopic (exact) mass is 521 g/mol. The maximum atomic E-state index is 13.0. The number of sulfonamides is 1. The van der Waals surface area contributed by atoms with Crippen molar-refractivity contribution in [3.05, 3.63) is 101 Å². The van der Waals surface area contributed by atoms with Crippen LogP contribution >= 0.6 is 11.3 Å². The molecule has 1 aromatic heterocycles. The van der Waals surface area contributed by atoms with Crippen molar-refractivity contribution in [3.63, 3.8) is 0 Å². The van der Waals surface area contributed by atoms with Crippen LogP contribution in [0.4, 0.5) is 10.8 Å². The molecule has 184 valence electrons. The fourth-order valence-corrected chi connectivity index (χ4v) is 5.28. The molecule has 0 aliphatic heterocycles. The maximum Gasteiger partial charge on any atom is 0.291 e. The van der Waals surface area contributed by atoms with Gasteiger partial charge in [0.2, 0.25) is 5.13 Å². The van der Waals surface area contributed by atoms with Gasteiger partial charge in [-0.1, -0.05) is 71.5 Å². The van der Waals surface area contributed by atoms with E-state index in [9.17, 15) is 18.0 Å². The summed E-state index contributed by atoms with van der Waals surface area (Å²) in [5.41, 5.74) is 2.57. The van der Waals surface area contributed by atoms with E-state index in [0.29, 0.717) is 16.9 Å². The van der Waals surface area contributed by atoms with E-state index in [2.05, 4.69) is 25.6 Å². The molecule has 11 heteroatoms. The Kier molecular flexibility index (Phi) is 7.41. The molecule has 0 saturated carbocycles. The predicted molar refractivity (Wildman–Crippen MR) is 139 cm³/mol.